The second kappa shape index (κ2) is 17.4. The van der Waals surface area contributed by atoms with Crippen molar-refractivity contribution in [3.05, 3.63) is 21.3 Å². The molecule has 0 aliphatic heterocycles. The molecule has 4 nitrogen and oxygen atoms in total. The second-order valence-corrected chi connectivity index (χ2v) is 9.26. The molecule has 0 N–H and O–H groups in total. The van der Waals surface area contributed by atoms with E-state index in [4.69, 9.17) is 0 Å². The van der Waals surface area contributed by atoms with E-state index in [1.54, 1.807) is 41.5 Å². The molecule has 0 bridgehead atoms. The molecule has 0 aromatic heterocycles. The van der Waals surface area contributed by atoms with Crippen molar-refractivity contribution in [1.82, 2.24) is 0 Å². The van der Waals surface area contributed by atoms with Crippen LogP contribution in [0.15, 0.2) is 0 Å². The largest absolute Gasteiger partial charge is 0.657 e. The molecular weight excluding hydrogens is 498 g/mol. The van der Waals surface area contributed by atoms with E-state index in [0.29, 0.717) is 0 Å². The second-order valence-electron chi connectivity index (χ2n) is 9.26. The molecule has 0 heterocycles. The van der Waals surface area contributed by atoms with Gasteiger partial charge in [-0.25, -0.2) is 0 Å². The molecule has 11 heteroatoms. The monoisotopic (exact) mass is 539 g/mol. The number of halogens is 6. The van der Waals surface area contributed by atoms with E-state index in [1.807, 2.05) is 27.7 Å². The van der Waals surface area contributed by atoms with Gasteiger partial charge in [-0.3, -0.25) is 0 Å². The summed E-state index contributed by atoms with van der Waals surface area (Å²) in [5, 5.41) is 15.8. The molecule has 0 saturated carbocycles. The van der Waals surface area contributed by atoms with Gasteiger partial charge in [-0.2, -0.15) is 26.3 Å². The van der Waals surface area contributed by atoms with Crippen LogP contribution in [0, 0.1) is 0 Å². The first-order valence-electron chi connectivity index (χ1n) is 11.2. The summed E-state index contributed by atoms with van der Waals surface area (Å²) < 4.78 is 75.9. The van der Waals surface area contributed by atoms with Crippen LogP contribution in [-0.4, -0.2) is 60.7 Å². The summed E-state index contributed by atoms with van der Waals surface area (Å²) in [6.07, 6.45) is -8.63. The van der Waals surface area contributed by atoms with E-state index in [2.05, 4.69) is 21.3 Å². The van der Waals surface area contributed by atoms with Crippen molar-refractivity contribution in [3.8, 4) is 0 Å². The fourth-order valence-electron chi connectivity index (χ4n) is 3.06. The Balaban J connectivity index is -0.000000529. The maximum Gasteiger partial charge on any atom is 0.373 e. The molecule has 0 aromatic rings. The predicted molar refractivity (Wildman–Crippen MR) is 122 cm³/mol. The van der Waals surface area contributed by atoms with Gasteiger partial charge in [0.25, 0.3) is 0 Å². The number of hydrogen-bond donors (Lipinski definition) is 0. The third-order valence-corrected chi connectivity index (χ3v) is 3.95. The zero-order valence-electron chi connectivity index (χ0n) is 21.4. The quantitative estimate of drug-likeness (QED) is 0.176. The van der Waals surface area contributed by atoms with Crippen LogP contribution >= 0.6 is 0 Å². The first-order valence-corrected chi connectivity index (χ1v) is 11.2. The van der Waals surface area contributed by atoms with Crippen LogP contribution in [0.5, 0.6) is 0 Å². The normalized spacial score (nSPS) is 16.4. The zero-order chi connectivity index (χ0) is 25.9. The van der Waals surface area contributed by atoms with E-state index in [1.165, 1.54) is 0 Å². The van der Waals surface area contributed by atoms with Crippen molar-refractivity contribution >= 4 is 0 Å². The molecule has 0 saturated heterocycles. The van der Waals surface area contributed by atoms with Crippen LogP contribution < -0.4 is 0 Å². The van der Waals surface area contributed by atoms with Crippen molar-refractivity contribution in [2.45, 2.75) is 143 Å². The maximum atomic E-state index is 12.6. The summed E-state index contributed by atoms with van der Waals surface area (Å²) in [4.78, 5) is 0. The average Bonchev–Trinajstić information content (AvgIpc) is 2.50. The Kier molecular flexibility index (Phi) is 19.7. The van der Waals surface area contributed by atoms with Crippen LogP contribution in [0.3, 0.4) is 0 Å². The molecule has 0 fully saturated rings. The van der Waals surface area contributed by atoms with E-state index >= 15 is 0 Å². The Morgan fingerprint density at radius 1 is 0.455 bits per heavy atom. The van der Waals surface area contributed by atoms with Gasteiger partial charge in [0.15, 0.2) is 0 Å². The van der Waals surface area contributed by atoms with Gasteiger partial charge in [0.2, 0.25) is 0 Å². The number of alkyl halides is 6. The molecule has 0 aromatic carbocycles. The molecule has 0 spiro atoms. The molecule has 4 atom stereocenters. The van der Waals surface area contributed by atoms with Crippen LogP contribution in [0.4, 0.5) is 26.3 Å². The van der Waals surface area contributed by atoms with Gasteiger partial charge in [-0.05, 0) is 12.1 Å². The fraction of sp³-hybridized carbons (Fsp3) is 1.00. The summed E-state index contributed by atoms with van der Waals surface area (Å²) in [6.45, 7) is 17.5. The standard InChI is InChI=1S/2C11H21F3N2.Cu/c2*1-7(2)15-9(5)6-10(11(12,13)14)16-8(3)4;/h2*7-10H,6H2,1-5H3;/q2*-2;. The van der Waals surface area contributed by atoms with Crippen molar-refractivity contribution in [2.24, 2.45) is 0 Å². The number of nitrogens with zero attached hydrogens (tertiary/aromatic N) is 4. The van der Waals surface area contributed by atoms with E-state index in [9.17, 15) is 26.3 Å². The summed E-state index contributed by atoms with van der Waals surface area (Å²) in [5.41, 5.74) is 0. The third-order valence-electron chi connectivity index (χ3n) is 3.95. The Morgan fingerprint density at radius 3 is 0.818 bits per heavy atom. The average molecular weight is 540 g/mol. The van der Waals surface area contributed by atoms with Gasteiger partial charge >= 0.3 is 12.4 Å². The zero-order valence-corrected chi connectivity index (χ0v) is 22.3. The van der Waals surface area contributed by atoms with Gasteiger partial charge in [0.1, 0.15) is 0 Å². The molecular formula is C22H42CuF6N4-4. The van der Waals surface area contributed by atoms with Crippen LogP contribution in [-0.2, 0) is 17.1 Å². The molecule has 0 aliphatic rings. The van der Waals surface area contributed by atoms with Crippen molar-refractivity contribution < 1.29 is 43.4 Å². The fourth-order valence-corrected chi connectivity index (χ4v) is 3.06. The molecule has 207 valence electrons. The van der Waals surface area contributed by atoms with Crippen molar-refractivity contribution in [2.75, 3.05) is 0 Å². The molecule has 0 aliphatic carbocycles. The number of hydrogen-bond acceptors (Lipinski definition) is 0. The van der Waals surface area contributed by atoms with Gasteiger partial charge in [-0.15, -0.1) is 36.3 Å². The minimum atomic E-state index is -4.26. The van der Waals surface area contributed by atoms with Crippen LogP contribution in [0.25, 0.3) is 21.3 Å². The molecule has 0 amide bonds. The smallest absolute Gasteiger partial charge is 0.373 e. The molecule has 33 heavy (non-hydrogen) atoms. The molecule has 4 unspecified atom stereocenters. The minimum Gasteiger partial charge on any atom is -0.657 e. The first-order chi connectivity index (χ1) is 14.2. The van der Waals surface area contributed by atoms with E-state index < -0.39 is 24.4 Å². The SMILES string of the molecule is CC(C)[N-]C(C)CC([N-]C(C)C)C(F)(F)F.CC(C)[N-]C(C)CC([N-]C(C)C)C(F)(F)F.[Cu]. The van der Waals surface area contributed by atoms with Crippen molar-refractivity contribution in [1.29, 1.82) is 0 Å². The topological polar surface area (TPSA) is 56.4 Å². The Labute approximate surface area is 207 Å². The first kappa shape index (κ1) is 37.5. The summed E-state index contributed by atoms with van der Waals surface area (Å²) >= 11 is 0. The van der Waals surface area contributed by atoms with E-state index in [0.717, 1.165) is 0 Å². The Hall–Kier alpha value is -0.0605. The third kappa shape index (κ3) is 22.2. The Bertz CT molecular complexity index is 429. The Morgan fingerprint density at radius 2 is 0.667 bits per heavy atom. The van der Waals surface area contributed by atoms with Gasteiger partial charge < -0.3 is 21.3 Å². The number of rotatable bonds is 12. The minimum absolute atomic E-state index is 0. The summed E-state index contributed by atoms with van der Waals surface area (Å²) in [6, 6.07) is -4.31. The summed E-state index contributed by atoms with van der Waals surface area (Å²) in [5.74, 6) is 0. The van der Waals surface area contributed by atoms with Gasteiger partial charge in [0.05, 0.1) is 0 Å². The maximum absolute atomic E-state index is 12.6. The van der Waals surface area contributed by atoms with Crippen LogP contribution in [0.1, 0.15) is 82.1 Å². The van der Waals surface area contributed by atoms with Gasteiger partial charge in [-0.1, -0.05) is 82.1 Å². The van der Waals surface area contributed by atoms with Crippen LogP contribution in [0.2, 0.25) is 0 Å². The van der Waals surface area contributed by atoms with E-state index in [-0.39, 0.29) is 66.2 Å². The predicted octanol–water partition coefficient (Wildman–Crippen LogP) is 8.52. The van der Waals surface area contributed by atoms with Crippen molar-refractivity contribution in [3.63, 3.8) is 0 Å². The molecule has 0 rings (SSSR count). The molecule has 1 radical (unpaired) electrons. The van der Waals surface area contributed by atoms with Gasteiger partial charge in [0, 0.05) is 17.1 Å². The summed E-state index contributed by atoms with van der Waals surface area (Å²) in [7, 11) is 0.